The van der Waals surface area contributed by atoms with Crippen molar-refractivity contribution in [2.24, 2.45) is 0 Å². The second-order valence-corrected chi connectivity index (χ2v) is 4.63. The van der Waals surface area contributed by atoms with Crippen molar-refractivity contribution in [3.8, 4) is 11.5 Å². The molecule has 5 nitrogen and oxygen atoms in total. The number of likely N-dealkylation sites (N-methyl/N-ethyl adjacent to an activating group) is 1. The smallest absolute Gasteiger partial charge is 0.325 e. The van der Waals surface area contributed by atoms with E-state index in [-0.39, 0.29) is 5.97 Å². The highest BCUT2D eigenvalue weighted by molar-refractivity contribution is 5.80. The van der Waals surface area contributed by atoms with E-state index in [1.807, 2.05) is 38.1 Å². The Bertz CT molecular complexity index is 418. The van der Waals surface area contributed by atoms with Gasteiger partial charge in [-0.05, 0) is 37.7 Å². The zero-order valence-electron chi connectivity index (χ0n) is 12.6. The van der Waals surface area contributed by atoms with E-state index in [2.05, 4.69) is 5.32 Å². The Labute approximate surface area is 120 Å². The molecule has 0 aromatic heterocycles. The summed E-state index contributed by atoms with van der Waals surface area (Å²) in [6.45, 7) is 4.88. The Kier molecular flexibility index (Phi) is 6.31. The van der Waals surface area contributed by atoms with Crippen molar-refractivity contribution in [1.29, 1.82) is 0 Å². The van der Waals surface area contributed by atoms with E-state index in [0.29, 0.717) is 19.6 Å². The van der Waals surface area contributed by atoms with Crippen molar-refractivity contribution in [2.45, 2.75) is 25.8 Å². The van der Waals surface area contributed by atoms with Crippen LogP contribution in [0.4, 0.5) is 0 Å². The minimum Gasteiger partial charge on any atom is -0.497 e. The Balaban J connectivity index is 2.53. The molecule has 1 rings (SSSR count). The summed E-state index contributed by atoms with van der Waals surface area (Å²) in [4.78, 5) is 11.8. The minimum absolute atomic E-state index is 0.280. The molecule has 0 fully saturated rings. The van der Waals surface area contributed by atoms with Gasteiger partial charge in [0.15, 0.2) is 0 Å². The Morgan fingerprint density at radius 1 is 1.20 bits per heavy atom. The van der Waals surface area contributed by atoms with E-state index in [9.17, 15) is 4.79 Å². The van der Waals surface area contributed by atoms with Gasteiger partial charge in [0.05, 0.1) is 20.8 Å². The molecule has 0 radical (unpaired) electrons. The number of esters is 1. The first-order valence-corrected chi connectivity index (χ1v) is 6.66. The molecule has 0 spiro atoms. The van der Waals surface area contributed by atoms with E-state index in [1.54, 1.807) is 7.11 Å². The highest BCUT2D eigenvalue weighted by atomic mass is 16.5. The summed E-state index contributed by atoms with van der Waals surface area (Å²) in [5, 5.41) is 3.14. The van der Waals surface area contributed by atoms with Crippen molar-refractivity contribution in [3.05, 3.63) is 24.3 Å². The van der Waals surface area contributed by atoms with Gasteiger partial charge in [-0.2, -0.15) is 0 Å². The maximum Gasteiger partial charge on any atom is 0.325 e. The maximum atomic E-state index is 11.8. The topological polar surface area (TPSA) is 56.8 Å². The highest BCUT2D eigenvalue weighted by Gasteiger charge is 2.33. The van der Waals surface area contributed by atoms with Crippen molar-refractivity contribution in [3.63, 3.8) is 0 Å². The van der Waals surface area contributed by atoms with Gasteiger partial charge in [0.2, 0.25) is 0 Å². The lowest BCUT2D eigenvalue weighted by Gasteiger charge is -2.27. The molecule has 1 unspecified atom stereocenters. The number of ether oxygens (including phenoxy) is 3. The molecule has 0 amide bonds. The molecule has 5 heteroatoms. The number of benzene rings is 1. The van der Waals surface area contributed by atoms with E-state index < -0.39 is 5.54 Å². The van der Waals surface area contributed by atoms with Gasteiger partial charge in [-0.25, -0.2) is 0 Å². The number of hydrogen-bond donors (Lipinski definition) is 1. The lowest BCUT2D eigenvalue weighted by Crippen LogP contribution is -2.51. The molecule has 1 aromatic carbocycles. The van der Waals surface area contributed by atoms with Crippen LogP contribution in [0.3, 0.4) is 0 Å². The summed E-state index contributed by atoms with van der Waals surface area (Å²) >= 11 is 0. The quantitative estimate of drug-likeness (QED) is 0.739. The third-order valence-electron chi connectivity index (χ3n) is 3.13. The van der Waals surface area contributed by atoms with Crippen LogP contribution in [-0.4, -0.2) is 38.9 Å². The molecular weight excluding hydrogens is 258 g/mol. The molecule has 0 saturated carbocycles. The number of methoxy groups -OCH3 is 2. The molecule has 0 aliphatic rings. The number of carbonyl (C=O) groups excluding carboxylic acids is 1. The van der Waals surface area contributed by atoms with E-state index in [1.165, 1.54) is 7.11 Å². The predicted molar refractivity (Wildman–Crippen MR) is 77.2 cm³/mol. The van der Waals surface area contributed by atoms with Crippen LogP contribution in [0.15, 0.2) is 24.3 Å². The third kappa shape index (κ3) is 4.42. The van der Waals surface area contributed by atoms with Crippen LogP contribution in [0.2, 0.25) is 0 Å². The van der Waals surface area contributed by atoms with E-state index >= 15 is 0 Å². The fourth-order valence-electron chi connectivity index (χ4n) is 1.92. The van der Waals surface area contributed by atoms with Gasteiger partial charge < -0.3 is 19.5 Å². The molecule has 112 valence electrons. The fraction of sp³-hybridized carbons (Fsp3) is 0.533. The molecule has 0 bridgehead atoms. The molecular formula is C15H23NO4. The summed E-state index contributed by atoms with van der Waals surface area (Å²) < 4.78 is 15.5. The van der Waals surface area contributed by atoms with Gasteiger partial charge >= 0.3 is 5.97 Å². The van der Waals surface area contributed by atoms with Crippen molar-refractivity contribution in [2.75, 3.05) is 27.4 Å². The molecule has 0 heterocycles. The standard InChI is InChI=1S/C15H23NO4/c1-5-16-15(2,14(17)19-4)10-11-20-13-8-6-12(18-3)7-9-13/h6-9,16H,5,10-11H2,1-4H3. The molecule has 1 N–H and O–H groups in total. The second kappa shape index (κ2) is 7.75. The van der Waals surface area contributed by atoms with Crippen LogP contribution in [0.25, 0.3) is 0 Å². The lowest BCUT2D eigenvalue weighted by atomic mass is 9.98. The zero-order valence-corrected chi connectivity index (χ0v) is 12.6. The average Bonchev–Trinajstić information content (AvgIpc) is 2.47. The molecule has 0 aliphatic heterocycles. The molecule has 0 saturated heterocycles. The minimum atomic E-state index is -0.726. The Hall–Kier alpha value is -1.75. The van der Waals surface area contributed by atoms with Crippen LogP contribution in [0.5, 0.6) is 11.5 Å². The molecule has 1 aromatic rings. The number of nitrogens with one attached hydrogen (secondary N) is 1. The molecule has 1 atom stereocenters. The van der Waals surface area contributed by atoms with Crippen LogP contribution >= 0.6 is 0 Å². The lowest BCUT2D eigenvalue weighted by molar-refractivity contribution is -0.148. The van der Waals surface area contributed by atoms with Gasteiger partial charge in [-0.1, -0.05) is 6.92 Å². The van der Waals surface area contributed by atoms with Crippen LogP contribution < -0.4 is 14.8 Å². The Morgan fingerprint density at radius 3 is 2.30 bits per heavy atom. The summed E-state index contributed by atoms with van der Waals surface area (Å²) in [5.41, 5.74) is -0.726. The number of carbonyl (C=O) groups is 1. The van der Waals surface area contributed by atoms with Gasteiger partial charge in [0.25, 0.3) is 0 Å². The van der Waals surface area contributed by atoms with E-state index in [0.717, 1.165) is 11.5 Å². The van der Waals surface area contributed by atoms with Crippen LogP contribution in [0, 0.1) is 0 Å². The fourth-order valence-corrected chi connectivity index (χ4v) is 1.92. The monoisotopic (exact) mass is 281 g/mol. The van der Waals surface area contributed by atoms with E-state index in [4.69, 9.17) is 14.2 Å². The van der Waals surface area contributed by atoms with Gasteiger partial charge in [0.1, 0.15) is 17.0 Å². The zero-order chi connectivity index (χ0) is 15.0. The predicted octanol–water partition coefficient (Wildman–Crippen LogP) is 2.01. The first-order valence-electron chi connectivity index (χ1n) is 6.66. The van der Waals surface area contributed by atoms with Crippen molar-refractivity contribution in [1.82, 2.24) is 5.32 Å². The number of hydrogen-bond acceptors (Lipinski definition) is 5. The van der Waals surface area contributed by atoms with Gasteiger partial charge in [-0.15, -0.1) is 0 Å². The summed E-state index contributed by atoms with van der Waals surface area (Å²) in [7, 11) is 3.01. The maximum absolute atomic E-state index is 11.8. The Morgan fingerprint density at radius 2 is 1.80 bits per heavy atom. The number of rotatable bonds is 8. The van der Waals surface area contributed by atoms with Gasteiger partial charge in [-0.3, -0.25) is 4.79 Å². The van der Waals surface area contributed by atoms with Gasteiger partial charge in [0, 0.05) is 6.42 Å². The summed E-state index contributed by atoms with van der Waals surface area (Å²) in [6.07, 6.45) is 0.527. The summed E-state index contributed by atoms with van der Waals surface area (Å²) in [6, 6.07) is 7.33. The summed E-state index contributed by atoms with van der Waals surface area (Å²) in [5.74, 6) is 1.25. The van der Waals surface area contributed by atoms with Crippen LogP contribution in [-0.2, 0) is 9.53 Å². The highest BCUT2D eigenvalue weighted by Crippen LogP contribution is 2.18. The van der Waals surface area contributed by atoms with Crippen molar-refractivity contribution < 1.29 is 19.0 Å². The van der Waals surface area contributed by atoms with Crippen LogP contribution in [0.1, 0.15) is 20.3 Å². The molecule has 0 aliphatic carbocycles. The molecule has 20 heavy (non-hydrogen) atoms. The normalized spacial score (nSPS) is 13.4. The first-order chi connectivity index (χ1) is 9.55. The van der Waals surface area contributed by atoms with Crippen molar-refractivity contribution >= 4 is 5.97 Å². The first kappa shape index (κ1) is 16.3. The largest absolute Gasteiger partial charge is 0.497 e. The second-order valence-electron chi connectivity index (χ2n) is 4.63. The average molecular weight is 281 g/mol. The third-order valence-corrected chi connectivity index (χ3v) is 3.13. The SMILES string of the molecule is CCNC(C)(CCOc1ccc(OC)cc1)C(=O)OC.